The summed E-state index contributed by atoms with van der Waals surface area (Å²) in [5.41, 5.74) is 2.64. The van der Waals surface area contributed by atoms with Gasteiger partial charge in [-0.1, -0.05) is 25.1 Å². The van der Waals surface area contributed by atoms with Crippen molar-refractivity contribution in [2.75, 3.05) is 11.9 Å². The number of fused-ring (bicyclic) bond motifs is 1. The van der Waals surface area contributed by atoms with E-state index in [9.17, 15) is 9.59 Å². The molecule has 2 heterocycles. The maximum Gasteiger partial charge on any atom is 0.262 e. The normalized spacial score (nSPS) is 11.7. The quantitative estimate of drug-likeness (QED) is 0.531. The van der Waals surface area contributed by atoms with E-state index in [1.165, 1.54) is 11.3 Å². The number of carbonyl (C=O) groups is 2. The van der Waals surface area contributed by atoms with Crippen LogP contribution < -0.4 is 16.0 Å². The number of rotatable bonds is 7. The second-order valence-corrected chi connectivity index (χ2v) is 7.69. The van der Waals surface area contributed by atoms with Crippen molar-refractivity contribution in [1.82, 2.24) is 20.4 Å². The summed E-state index contributed by atoms with van der Waals surface area (Å²) < 4.78 is 1.77. The van der Waals surface area contributed by atoms with Crippen LogP contribution in [0.4, 0.5) is 5.69 Å². The molecule has 0 spiro atoms. The van der Waals surface area contributed by atoms with Gasteiger partial charge in [-0.2, -0.15) is 5.10 Å². The largest absolute Gasteiger partial charge is 0.340 e. The van der Waals surface area contributed by atoms with E-state index in [0.29, 0.717) is 11.4 Å². The summed E-state index contributed by atoms with van der Waals surface area (Å²) >= 11 is 1.37. The Kier molecular flexibility index (Phi) is 7.78. The first-order valence-corrected chi connectivity index (χ1v) is 10.1. The van der Waals surface area contributed by atoms with Gasteiger partial charge < -0.3 is 16.0 Å². The van der Waals surface area contributed by atoms with E-state index in [0.717, 1.165) is 33.7 Å². The summed E-state index contributed by atoms with van der Waals surface area (Å²) in [4.78, 5) is 26.7. The molecule has 2 amide bonds. The molecule has 0 aliphatic heterocycles. The molecule has 0 fully saturated rings. The Labute approximate surface area is 180 Å². The van der Waals surface area contributed by atoms with E-state index >= 15 is 0 Å². The second-order valence-electron chi connectivity index (χ2n) is 6.66. The number of nitrogens with zero attached hydrogens (tertiary/aromatic N) is 2. The molecule has 3 aromatic rings. The molecule has 7 nitrogen and oxygen atoms in total. The Morgan fingerprint density at radius 2 is 2.00 bits per heavy atom. The molecule has 0 aliphatic carbocycles. The number of amides is 2. The van der Waals surface area contributed by atoms with Crippen LogP contribution in [0.5, 0.6) is 0 Å². The van der Waals surface area contributed by atoms with Gasteiger partial charge in [0.2, 0.25) is 5.91 Å². The number of aryl methyl sites for hydroxylation is 2. The Balaban J connectivity index is 0.00000300. The molecule has 0 bridgehead atoms. The third-order valence-electron chi connectivity index (χ3n) is 4.50. The fourth-order valence-electron chi connectivity index (χ4n) is 2.95. The van der Waals surface area contributed by atoms with E-state index in [4.69, 9.17) is 0 Å². The van der Waals surface area contributed by atoms with Crippen LogP contribution in [0.3, 0.4) is 0 Å². The van der Waals surface area contributed by atoms with E-state index < -0.39 is 6.04 Å². The Hall–Kier alpha value is -2.42. The number of halogens is 1. The first-order chi connectivity index (χ1) is 13.4. The van der Waals surface area contributed by atoms with Gasteiger partial charge in [0, 0.05) is 24.7 Å². The highest BCUT2D eigenvalue weighted by atomic mass is 35.5. The van der Waals surface area contributed by atoms with Gasteiger partial charge in [0.1, 0.15) is 10.9 Å². The fourth-order valence-corrected chi connectivity index (χ4v) is 3.97. The highest BCUT2D eigenvalue weighted by Gasteiger charge is 2.20. The molecule has 2 aromatic heterocycles. The Bertz CT molecular complexity index is 979. The SMILES string of the molecule is CCNCc1ccccc1NC(=O)C(C)NC(=O)c1cc2c(C)nn(C)c2s1.Cl. The standard InChI is InChI=1S/C20H25N5O2S.ClH/c1-5-21-11-14-8-6-7-9-16(14)23-18(26)13(3)22-19(27)17-10-15-12(2)24-25(4)20(15)28-17;/h6-10,13,21H,5,11H2,1-4H3,(H,22,27)(H,23,26);1H. The summed E-state index contributed by atoms with van der Waals surface area (Å²) in [7, 11) is 1.86. The lowest BCUT2D eigenvalue weighted by Gasteiger charge is -2.16. The van der Waals surface area contributed by atoms with Crippen LogP contribution in [0.25, 0.3) is 10.2 Å². The molecule has 1 atom stereocenters. The molecule has 1 unspecified atom stereocenters. The highest BCUT2D eigenvalue weighted by Crippen LogP contribution is 2.27. The van der Waals surface area contributed by atoms with E-state index in [1.54, 1.807) is 11.6 Å². The first-order valence-electron chi connectivity index (χ1n) is 9.24. The van der Waals surface area contributed by atoms with Gasteiger partial charge in [0.05, 0.1) is 10.6 Å². The third kappa shape index (κ3) is 5.14. The molecule has 1 aromatic carbocycles. The van der Waals surface area contributed by atoms with Gasteiger partial charge >= 0.3 is 0 Å². The zero-order valence-corrected chi connectivity index (χ0v) is 18.5. The van der Waals surface area contributed by atoms with Crippen molar-refractivity contribution in [1.29, 1.82) is 0 Å². The number of benzene rings is 1. The number of anilines is 1. The lowest BCUT2D eigenvalue weighted by atomic mass is 10.1. The number of para-hydroxylation sites is 1. The number of carbonyl (C=O) groups excluding carboxylic acids is 2. The number of hydrogen-bond acceptors (Lipinski definition) is 5. The van der Waals surface area contributed by atoms with Crippen molar-refractivity contribution in [3.63, 3.8) is 0 Å². The van der Waals surface area contributed by atoms with Crippen molar-refractivity contribution in [3.8, 4) is 0 Å². The van der Waals surface area contributed by atoms with E-state index in [-0.39, 0.29) is 24.2 Å². The van der Waals surface area contributed by atoms with Crippen LogP contribution >= 0.6 is 23.7 Å². The molecule has 3 rings (SSSR count). The molecular formula is C20H26ClN5O2S. The van der Waals surface area contributed by atoms with Crippen LogP contribution in [0.1, 0.15) is 34.8 Å². The third-order valence-corrected chi connectivity index (χ3v) is 5.70. The van der Waals surface area contributed by atoms with Crippen molar-refractivity contribution in [2.24, 2.45) is 7.05 Å². The maximum absolute atomic E-state index is 12.6. The second kappa shape index (κ2) is 9.87. The summed E-state index contributed by atoms with van der Waals surface area (Å²) in [6, 6.07) is 8.81. The molecule has 29 heavy (non-hydrogen) atoms. The Morgan fingerprint density at radius 3 is 2.69 bits per heavy atom. The van der Waals surface area contributed by atoms with Crippen molar-refractivity contribution < 1.29 is 9.59 Å². The van der Waals surface area contributed by atoms with Gasteiger partial charge in [-0.05, 0) is 38.1 Å². The molecule has 3 N–H and O–H groups in total. The van der Waals surface area contributed by atoms with Crippen LogP contribution in [-0.4, -0.2) is 34.2 Å². The van der Waals surface area contributed by atoms with Gasteiger partial charge in [-0.25, -0.2) is 0 Å². The first kappa shape index (κ1) is 22.9. The van der Waals surface area contributed by atoms with Crippen LogP contribution in [0, 0.1) is 6.92 Å². The summed E-state index contributed by atoms with van der Waals surface area (Å²) in [5, 5.41) is 14.3. The van der Waals surface area contributed by atoms with Gasteiger partial charge in [-0.15, -0.1) is 23.7 Å². The lowest BCUT2D eigenvalue weighted by molar-refractivity contribution is -0.117. The molecule has 0 aliphatic rings. The maximum atomic E-state index is 12.6. The summed E-state index contributed by atoms with van der Waals surface area (Å²) in [6.07, 6.45) is 0. The minimum atomic E-state index is -0.663. The minimum Gasteiger partial charge on any atom is -0.340 e. The average molecular weight is 436 g/mol. The topological polar surface area (TPSA) is 88.0 Å². The summed E-state index contributed by atoms with van der Waals surface area (Å²) in [5.74, 6) is -0.513. The number of thiophene rings is 1. The number of hydrogen-bond donors (Lipinski definition) is 3. The van der Waals surface area contributed by atoms with Crippen molar-refractivity contribution in [3.05, 3.63) is 46.5 Å². The smallest absolute Gasteiger partial charge is 0.262 e. The Morgan fingerprint density at radius 1 is 1.28 bits per heavy atom. The molecule has 0 radical (unpaired) electrons. The van der Waals surface area contributed by atoms with Crippen molar-refractivity contribution in [2.45, 2.75) is 33.4 Å². The molecular weight excluding hydrogens is 410 g/mol. The van der Waals surface area contributed by atoms with Crippen LogP contribution in [0.15, 0.2) is 30.3 Å². The number of aromatic nitrogens is 2. The molecule has 9 heteroatoms. The monoisotopic (exact) mass is 435 g/mol. The van der Waals surface area contributed by atoms with E-state index in [1.807, 2.05) is 51.2 Å². The minimum absolute atomic E-state index is 0. The lowest BCUT2D eigenvalue weighted by Crippen LogP contribution is -2.41. The highest BCUT2D eigenvalue weighted by molar-refractivity contribution is 7.20. The molecule has 0 saturated heterocycles. The predicted octanol–water partition coefficient (Wildman–Crippen LogP) is 3.23. The van der Waals surface area contributed by atoms with Gasteiger partial charge in [-0.3, -0.25) is 14.3 Å². The van der Waals surface area contributed by atoms with Gasteiger partial charge in [0.15, 0.2) is 0 Å². The van der Waals surface area contributed by atoms with E-state index in [2.05, 4.69) is 21.0 Å². The van der Waals surface area contributed by atoms with Crippen molar-refractivity contribution >= 4 is 51.5 Å². The average Bonchev–Trinajstić information content (AvgIpc) is 3.22. The molecule has 0 saturated carbocycles. The van der Waals surface area contributed by atoms with Gasteiger partial charge in [0.25, 0.3) is 5.91 Å². The number of nitrogens with one attached hydrogen (secondary N) is 3. The van der Waals surface area contributed by atoms with Crippen LogP contribution in [-0.2, 0) is 18.4 Å². The predicted molar refractivity (Wildman–Crippen MR) is 120 cm³/mol. The summed E-state index contributed by atoms with van der Waals surface area (Å²) in [6.45, 7) is 7.14. The fraction of sp³-hybridized carbons (Fsp3) is 0.350. The van der Waals surface area contributed by atoms with Crippen LogP contribution in [0.2, 0.25) is 0 Å². The zero-order chi connectivity index (χ0) is 20.3. The molecule has 156 valence electrons. The zero-order valence-electron chi connectivity index (χ0n) is 16.9.